The van der Waals surface area contributed by atoms with E-state index in [1.807, 2.05) is 18.2 Å². The Hall–Kier alpha value is -2.88. The zero-order valence-electron chi connectivity index (χ0n) is 20.7. The van der Waals surface area contributed by atoms with E-state index < -0.39 is 10.0 Å². The van der Waals surface area contributed by atoms with E-state index in [4.69, 9.17) is 9.72 Å². The molecule has 2 aliphatic rings. The lowest BCUT2D eigenvalue weighted by atomic mass is 9.78. The number of ether oxygens (including phenoxy) is 1. The molecule has 1 aliphatic carbocycles. The van der Waals surface area contributed by atoms with E-state index in [1.165, 1.54) is 4.31 Å². The van der Waals surface area contributed by atoms with Gasteiger partial charge in [0.15, 0.2) is 0 Å². The monoisotopic (exact) mass is 508 g/mol. The van der Waals surface area contributed by atoms with Gasteiger partial charge in [-0.3, -0.25) is 9.78 Å². The molecule has 1 aliphatic heterocycles. The van der Waals surface area contributed by atoms with Crippen molar-refractivity contribution in [1.29, 1.82) is 0 Å². The van der Waals surface area contributed by atoms with Crippen LogP contribution in [0.5, 0.6) is 0 Å². The fraction of sp³-hybridized carbons (Fsp3) is 0.444. The van der Waals surface area contributed by atoms with Crippen LogP contribution in [0.2, 0.25) is 0 Å². The lowest BCUT2D eigenvalue weighted by Gasteiger charge is -2.34. The van der Waals surface area contributed by atoms with Gasteiger partial charge >= 0.3 is 0 Å². The Bertz CT molecular complexity index is 1360. The van der Waals surface area contributed by atoms with Crippen molar-refractivity contribution in [2.75, 3.05) is 26.3 Å². The number of pyridine rings is 2. The van der Waals surface area contributed by atoms with Gasteiger partial charge in [0.25, 0.3) is 5.91 Å². The van der Waals surface area contributed by atoms with Crippen molar-refractivity contribution >= 4 is 26.8 Å². The largest absolute Gasteiger partial charge is 0.379 e. The van der Waals surface area contributed by atoms with Crippen molar-refractivity contribution in [2.45, 2.75) is 44.0 Å². The van der Waals surface area contributed by atoms with Gasteiger partial charge in [-0.2, -0.15) is 4.31 Å². The number of fused-ring (bicyclic) bond motifs is 1. The summed E-state index contributed by atoms with van der Waals surface area (Å²) in [6.07, 6.45) is 4.86. The van der Waals surface area contributed by atoms with Crippen LogP contribution in [-0.4, -0.2) is 60.9 Å². The molecule has 190 valence electrons. The van der Waals surface area contributed by atoms with Gasteiger partial charge in [0.1, 0.15) is 0 Å². The maximum absolute atomic E-state index is 13.7. The average Bonchev–Trinajstić information content (AvgIpc) is 2.91. The lowest BCUT2D eigenvalue weighted by molar-refractivity contribution is 0.0730. The van der Waals surface area contributed by atoms with Crippen LogP contribution in [0.1, 0.15) is 43.5 Å². The highest BCUT2D eigenvalue weighted by molar-refractivity contribution is 7.89. The molecule has 3 atom stereocenters. The molecule has 0 radical (unpaired) electrons. The third kappa shape index (κ3) is 4.87. The highest BCUT2D eigenvalue weighted by Crippen LogP contribution is 2.31. The minimum atomic E-state index is -3.72. The summed E-state index contributed by atoms with van der Waals surface area (Å²) in [6.45, 7) is 5.77. The summed E-state index contributed by atoms with van der Waals surface area (Å²) in [5.41, 5.74) is 2.18. The first-order valence-corrected chi connectivity index (χ1v) is 14.0. The zero-order valence-corrected chi connectivity index (χ0v) is 21.5. The number of morpholine rings is 1. The van der Waals surface area contributed by atoms with Gasteiger partial charge in [0.05, 0.1) is 40.6 Å². The second-order valence-electron chi connectivity index (χ2n) is 9.81. The first-order valence-electron chi connectivity index (χ1n) is 12.6. The van der Waals surface area contributed by atoms with Crippen LogP contribution in [0.15, 0.2) is 53.6 Å². The Labute approximate surface area is 212 Å². The minimum absolute atomic E-state index is 0.0723. The summed E-state index contributed by atoms with van der Waals surface area (Å²) < 4.78 is 33.4. The molecule has 0 unspecified atom stereocenters. The van der Waals surface area contributed by atoms with E-state index in [1.54, 1.807) is 30.5 Å². The van der Waals surface area contributed by atoms with Crippen molar-refractivity contribution in [1.82, 2.24) is 19.6 Å². The highest BCUT2D eigenvalue weighted by atomic mass is 32.2. The molecule has 8 nitrogen and oxygen atoms in total. The standard InChI is InChI=1S/C27H32N4O4S/c1-18-6-5-8-23(19(18)2)30-27(32)22-17-26(25-7-3-4-11-28-25)29-24-10-9-20(16-21(22)24)36(33,34)31-12-14-35-15-13-31/h3-4,7,9-11,16-19,23H,5-6,8,12-15H2,1-2H3,(H,30,32)/t18-,19-,23+/m1/s1. The molecule has 2 aromatic heterocycles. The Morgan fingerprint density at radius 1 is 1.06 bits per heavy atom. The number of benzene rings is 1. The van der Waals surface area contributed by atoms with Crippen molar-refractivity contribution < 1.29 is 17.9 Å². The first kappa shape index (κ1) is 24.8. The number of nitrogens with zero attached hydrogens (tertiary/aromatic N) is 3. The molecule has 9 heteroatoms. The predicted octanol–water partition coefficient (Wildman–Crippen LogP) is 3.87. The maximum Gasteiger partial charge on any atom is 0.252 e. The number of carbonyl (C=O) groups excluding carboxylic acids is 1. The van der Waals surface area contributed by atoms with Crippen LogP contribution >= 0.6 is 0 Å². The van der Waals surface area contributed by atoms with Gasteiger partial charge in [0.2, 0.25) is 10.0 Å². The van der Waals surface area contributed by atoms with Gasteiger partial charge < -0.3 is 10.1 Å². The van der Waals surface area contributed by atoms with Crippen molar-refractivity contribution in [3.63, 3.8) is 0 Å². The fourth-order valence-corrected chi connectivity index (χ4v) is 6.60. The summed E-state index contributed by atoms with van der Waals surface area (Å²) in [7, 11) is -3.72. The molecule has 1 amide bonds. The summed E-state index contributed by atoms with van der Waals surface area (Å²) in [4.78, 5) is 23.0. The molecule has 0 bridgehead atoms. The molecule has 1 N–H and O–H groups in total. The van der Waals surface area contributed by atoms with Crippen molar-refractivity contribution in [2.24, 2.45) is 11.8 Å². The van der Waals surface area contributed by atoms with E-state index in [-0.39, 0.29) is 16.8 Å². The first-order chi connectivity index (χ1) is 17.3. The van der Waals surface area contributed by atoms with E-state index in [2.05, 4.69) is 24.1 Å². The molecule has 2 fully saturated rings. The number of carbonyl (C=O) groups is 1. The van der Waals surface area contributed by atoms with Crippen LogP contribution < -0.4 is 5.32 Å². The Kier molecular flexibility index (Phi) is 7.05. The van der Waals surface area contributed by atoms with Gasteiger partial charge in [-0.15, -0.1) is 0 Å². The number of hydrogen-bond acceptors (Lipinski definition) is 6. The molecule has 0 spiro atoms. The highest BCUT2D eigenvalue weighted by Gasteiger charge is 2.30. The third-order valence-electron chi connectivity index (χ3n) is 7.58. The van der Waals surface area contributed by atoms with Crippen LogP contribution in [0.25, 0.3) is 22.3 Å². The van der Waals surface area contributed by atoms with E-state index in [0.29, 0.717) is 66.0 Å². The Balaban J connectivity index is 1.58. The molecule has 5 rings (SSSR count). The van der Waals surface area contributed by atoms with Crippen LogP contribution in [0.3, 0.4) is 0 Å². The van der Waals surface area contributed by atoms with Crippen LogP contribution in [0, 0.1) is 11.8 Å². The smallest absolute Gasteiger partial charge is 0.252 e. The number of sulfonamides is 1. The maximum atomic E-state index is 13.7. The molecule has 1 saturated heterocycles. The number of rotatable bonds is 5. The Morgan fingerprint density at radius 3 is 2.61 bits per heavy atom. The topological polar surface area (TPSA) is 101 Å². The molecule has 1 saturated carbocycles. The zero-order chi connectivity index (χ0) is 25.3. The molecular formula is C27H32N4O4S. The van der Waals surface area contributed by atoms with E-state index >= 15 is 0 Å². The van der Waals surface area contributed by atoms with Crippen molar-refractivity contribution in [3.8, 4) is 11.4 Å². The predicted molar refractivity (Wildman–Crippen MR) is 138 cm³/mol. The third-order valence-corrected chi connectivity index (χ3v) is 9.48. The summed E-state index contributed by atoms with van der Waals surface area (Å²) in [5.74, 6) is 0.683. The normalized spacial score (nSPS) is 23.4. The summed E-state index contributed by atoms with van der Waals surface area (Å²) >= 11 is 0. The van der Waals surface area contributed by atoms with Crippen LogP contribution in [0.4, 0.5) is 0 Å². The number of amides is 1. The van der Waals surface area contributed by atoms with Gasteiger partial charge in [-0.1, -0.05) is 32.8 Å². The number of aromatic nitrogens is 2. The quantitative estimate of drug-likeness (QED) is 0.561. The van der Waals surface area contributed by atoms with E-state index in [0.717, 1.165) is 19.3 Å². The number of hydrogen-bond donors (Lipinski definition) is 1. The van der Waals surface area contributed by atoms with E-state index in [9.17, 15) is 13.2 Å². The second-order valence-corrected chi connectivity index (χ2v) is 11.8. The average molecular weight is 509 g/mol. The molecular weight excluding hydrogens is 476 g/mol. The summed E-state index contributed by atoms with van der Waals surface area (Å²) in [5, 5.41) is 3.76. The second kappa shape index (κ2) is 10.2. The lowest BCUT2D eigenvalue weighted by Crippen LogP contribution is -2.43. The van der Waals surface area contributed by atoms with Crippen molar-refractivity contribution in [3.05, 3.63) is 54.2 Å². The number of nitrogens with one attached hydrogen (secondary N) is 1. The van der Waals surface area contributed by atoms with Gasteiger partial charge in [0, 0.05) is 30.7 Å². The SMILES string of the molecule is C[C@@H]1[C@H](C)CCC[C@@H]1NC(=O)c1cc(-c2ccccn2)nc2ccc(S(=O)(=O)N3CCOCC3)cc12. The Morgan fingerprint density at radius 2 is 1.86 bits per heavy atom. The van der Waals surface area contributed by atoms with Crippen LogP contribution in [-0.2, 0) is 14.8 Å². The molecule has 1 aromatic carbocycles. The van der Waals surface area contributed by atoms with Gasteiger partial charge in [-0.05, 0) is 54.7 Å². The fourth-order valence-electron chi connectivity index (χ4n) is 5.17. The minimum Gasteiger partial charge on any atom is -0.379 e. The summed E-state index contributed by atoms with van der Waals surface area (Å²) in [6, 6.07) is 12.2. The molecule has 3 aromatic rings. The molecule has 36 heavy (non-hydrogen) atoms. The van der Waals surface area contributed by atoms with Gasteiger partial charge in [-0.25, -0.2) is 13.4 Å². The molecule has 3 heterocycles.